The van der Waals surface area contributed by atoms with Crippen LogP contribution in [0.5, 0.6) is 0 Å². The number of imide groups is 1. The molecule has 0 aromatic rings. The molecule has 5 heteroatoms. The molecule has 0 aromatic carbocycles. The Morgan fingerprint density at radius 3 is 2.25 bits per heavy atom. The summed E-state index contributed by atoms with van der Waals surface area (Å²) >= 11 is 0. The lowest BCUT2D eigenvalue weighted by Crippen LogP contribution is -2.57. The number of hydrogen-bond donors (Lipinski definition) is 0. The molecule has 0 spiro atoms. The highest BCUT2D eigenvalue weighted by Crippen LogP contribution is 2.39. The van der Waals surface area contributed by atoms with Crippen LogP contribution in [0.25, 0.3) is 0 Å². The second-order valence-electron chi connectivity index (χ2n) is 9.63. The van der Waals surface area contributed by atoms with Crippen molar-refractivity contribution >= 4 is 17.7 Å². The molecule has 1 saturated carbocycles. The van der Waals surface area contributed by atoms with Gasteiger partial charge in [-0.1, -0.05) is 38.8 Å². The maximum absolute atomic E-state index is 13.7. The molecule has 2 heterocycles. The lowest BCUT2D eigenvalue weighted by molar-refractivity contribution is -0.155. The van der Waals surface area contributed by atoms with Gasteiger partial charge in [0.15, 0.2) is 0 Å². The van der Waals surface area contributed by atoms with E-state index in [9.17, 15) is 14.4 Å². The van der Waals surface area contributed by atoms with E-state index < -0.39 is 6.04 Å². The molecule has 5 unspecified atom stereocenters. The third-order valence-electron chi connectivity index (χ3n) is 7.36. The molecule has 28 heavy (non-hydrogen) atoms. The lowest BCUT2D eigenvalue weighted by atomic mass is 9.78. The number of rotatable bonds is 4. The predicted molar refractivity (Wildman–Crippen MR) is 107 cm³/mol. The molecule has 0 aromatic heterocycles. The monoisotopic (exact) mass is 386 g/mol. The molecular formula is C23H34N2O3. The maximum atomic E-state index is 13.7. The largest absolute Gasteiger partial charge is 0.338 e. The first-order valence-corrected chi connectivity index (χ1v) is 11.3. The summed E-state index contributed by atoms with van der Waals surface area (Å²) in [6, 6.07) is -0.312. The van der Waals surface area contributed by atoms with Gasteiger partial charge in [-0.3, -0.25) is 19.3 Å². The zero-order chi connectivity index (χ0) is 19.8. The maximum Gasteiger partial charge on any atom is 0.246 e. The first-order chi connectivity index (χ1) is 13.5. The highest BCUT2D eigenvalue weighted by molar-refractivity contribution is 6.08. The van der Waals surface area contributed by atoms with E-state index in [4.69, 9.17) is 0 Å². The van der Waals surface area contributed by atoms with Gasteiger partial charge in [-0.05, 0) is 56.8 Å². The van der Waals surface area contributed by atoms with Gasteiger partial charge in [-0.25, -0.2) is 0 Å². The number of hydrogen-bond acceptors (Lipinski definition) is 3. The van der Waals surface area contributed by atoms with Gasteiger partial charge < -0.3 is 4.90 Å². The van der Waals surface area contributed by atoms with Crippen LogP contribution in [0.2, 0.25) is 0 Å². The molecule has 5 atom stereocenters. The Morgan fingerprint density at radius 1 is 1.00 bits per heavy atom. The number of fused-ring (bicyclic) bond motifs is 2. The van der Waals surface area contributed by atoms with Crippen molar-refractivity contribution in [2.45, 2.75) is 83.7 Å². The van der Waals surface area contributed by atoms with E-state index in [1.54, 1.807) is 0 Å². The van der Waals surface area contributed by atoms with E-state index in [1.165, 1.54) is 30.6 Å². The summed E-state index contributed by atoms with van der Waals surface area (Å²) in [5.41, 5.74) is 0. The highest BCUT2D eigenvalue weighted by Gasteiger charge is 2.52. The number of carbonyl (C=O) groups is 3. The molecule has 4 rings (SSSR count). The number of allylic oxidation sites excluding steroid dienone is 2. The number of carbonyl (C=O) groups excluding carboxylic acids is 3. The Kier molecular flexibility index (Phi) is 5.62. The van der Waals surface area contributed by atoms with Crippen LogP contribution in [0, 0.1) is 23.7 Å². The highest BCUT2D eigenvalue weighted by atomic mass is 16.2. The summed E-state index contributed by atoms with van der Waals surface area (Å²) in [5.74, 6) is 0.127. The molecule has 2 aliphatic heterocycles. The Bertz CT molecular complexity index is 643. The summed E-state index contributed by atoms with van der Waals surface area (Å²) in [6.45, 7) is 4.91. The van der Waals surface area contributed by atoms with Crippen molar-refractivity contribution < 1.29 is 14.4 Å². The minimum absolute atomic E-state index is 0.0265. The van der Waals surface area contributed by atoms with Crippen LogP contribution in [-0.2, 0) is 14.4 Å². The molecule has 3 amide bonds. The second kappa shape index (κ2) is 8.00. The van der Waals surface area contributed by atoms with E-state index >= 15 is 0 Å². The van der Waals surface area contributed by atoms with Crippen molar-refractivity contribution in [3.8, 4) is 0 Å². The van der Waals surface area contributed by atoms with Crippen LogP contribution in [0.4, 0.5) is 0 Å². The first-order valence-electron chi connectivity index (χ1n) is 11.3. The fourth-order valence-corrected chi connectivity index (χ4v) is 5.99. The van der Waals surface area contributed by atoms with Crippen molar-refractivity contribution in [2.24, 2.45) is 23.7 Å². The minimum Gasteiger partial charge on any atom is -0.338 e. The zero-order valence-corrected chi connectivity index (χ0v) is 17.3. The predicted octanol–water partition coefficient (Wildman–Crippen LogP) is 3.53. The van der Waals surface area contributed by atoms with E-state index in [0.717, 1.165) is 19.4 Å². The number of amides is 3. The summed E-state index contributed by atoms with van der Waals surface area (Å²) < 4.78 is 0. The molecular weight excluding hydrogens is 352 g/mol. The second-order valence-corrected chi connectivity index (χ2v) is 9.63. The normalized spacial score (nSPS) is 33.8. The number of piperidine rings is 1. The third-order valence-corrected chi connectivity index (χ3v) is 7.36. The van der Waals surface area contributed by atoms with E-state index in [0.29, 0.717) is 31.2 Å². The van der Waals surface area contributed by atoms with Crippen molar-refractivity contribution in [1.29, 1.82) is 0 Å². The van der Waals surface area contributed by atoms with Crippen LogP contribution < -0.4 is 0 Å². The van der Waals surface area contributed by atoms with Gasteiger partial charge in [0.25, 0.3) is 0 Å². The van der Waals surface area contributed by atoms with Gasteiger partial charge in [0.05, 0.1) is 11.8 Å². The summed E-state index contributed by atoms with van der Waals surface area (Å²) in [7, 11) is 0. The van der Waals surface area contributed by atoms with Gasteiger partial charge in [-0.15, -0.1) is 0 Å². The number of likely N-dealkylation sites (tertiary alicyclic amines) is 2. The van der Waals surface area contributed by atoms with Gasteiger partial charge >= 0.3 is 0 Å². The van der Waals surface area contributed by atoms with Crippen LogP contribution in [0.15, 0.2) is 12.2 Å². The third kappa shape index (κ3) is 3.42. The Labute approximate surface area is 168 Å². The smallest absolute Gasteiger partial charge is 0.246 e. The average Bonchev–Trinajstić information content (AvgIpc) is 2.96. The molecule has 2 saturated heterocycles. The first kappa shape index (κ1) is 19.7. The average molecular weight is 387 g/mol. The Balaban J connectivity index is 1.60. The van der Waals surface area contributed by atoms with Gasteiger partial charge in [-0.2, -0.15) is 0 Å². The summed E-state index contributed by atoms with van der Waals surface area (Å²) in [6.07, 6.45) is 12.8. The van der Waals surface area contributed by atoms with Crippen molar-refractivity contribution in [3.05, 3.63) is 12.2 Å². The molecule has 3 fully saturated rings. The fourth-order valence-electron chi connectivity index (χ4n) is 5.99. The van der Waals surface area contributed by atoms with Crippen LogP contribution >= 0.6 is 0 Å². The van der Waals surface area contributed by atoms with Gasteiger partial charge in [0.1, 0.15) is 6.04 Å². The summed E-state index contributed by atoms with van der Waals surface area (Å²) in [5, 5.41) is 0. The fraction of sp³-hybridized carbons (Fsp3) is 0.783. The van der Waals surface area contributed by atoms with Crippen molar-refractivity contribution in [1.82, 2.24) is 9.80 Å². The SMILES string of the molecule is CC(C)CC(C(=O)N1CCCC2CCCCC21)N1C(=O)C2CC=CCC2C1=O. The van der Waals surface area contributed by atoms with Crippen LogP contribution in [-0.4, -0.2) is 46.1 Å². The standard InChI is InChI=1S/C23H34N2O3/c1-15(2)14-20(25-21(26)17-10-4-5-11-18(17)22(25)27)23(28)24-13-7-9-16-8-3-6-12-19(16)24/h4-5,15-20H,3,6-14H2,1-2H3. The molecule has 0 bridgehead atoms. The van der Waals surface area contributed by atoms with Crippen molar-refractivity contribution in [3.63, 3.8) is 0 Å². The van der Waals surface area contributed by atoms with E-state index in [-0.39, 0.29) is 35.5 Å². The molecule has 5 nitrogen and oxygen atoms in total. The van der Waals surface area contributed by atoms with Gasteiger partial charge in [0.2, 0.25) is 17.7 Å². The quantitative estimate of drug-likeness (QED) is 0.549. The molecule has 4 aliphatic rings. The molecule has 0 radical (unpaired) electrons. The molecule has 0 N–H and O–H groups in total. The summed E-state index contributed by atoms with van der Waals surface area (Å²) in [4.78, 5) is 43.5. The Morgan fingerprint density at radius 2 is 1.61 bits per heavy atom. The zero-order valence-electron chi connectivity index (χ0n) is 17.3. The number of nitrogens with zero attached hydrogens (tertiary/aromatic N) is 2. The topological polar surface area (TPSA) is 57.7 Å². The van der Waals surface area contributed by atoms with Crippen LogP contribution in [0.3, 0.4) is 0 Å². The lowest BCUT2D eigenvalue weighted by Gasteiger charge is -2.46. The van der Waals surface area contributed by atoms with Crippen LogP contribution in [0.1, 0.15) is 71.6 Å². The minimum atomic E-state index is -0.619. The molecule has 154 valence electrons. The molecule has 2 aliphatic carbocycles. The van der Waals surface area contributed by atoms with Crippen molar-refractivity contribution in [2.75, 3.05) is 6.54 Å². The van der Waals surface area contributed by atoms with E-state index in [2.05, 4.69) is 18.7 Å². The van der Waals surface area contributed by atoms with E-state index in [1.807, 2.05) is 12.2 Å². The Hall–Kier alpha value is -1.65. The van der Waals surface area contributed by atoms with Gasteiger partial charge in [0, 0.05) is 12.6 Å².